The zero-order chi connectivity index (χ0) is 19.8. The SMILES string of the molecule is COc1ccc(C(=O)NC(=S)N(CCCCO)c2ccc(C)cc2)cc1Br. The van der Waals surface area contributed by atoms with E-state index in [-0.39, 0.29) is 12.5 Å². The van der Waals surface area contributed by atoms with Crippen LogP contribution in [0, 0.1) is 6.92 Å². The number of carbonyl (C=O) groups is 1. The monoisotopic (exact) mass is 450 g/mol. The number of nitrogens with zero attached hydrogens (tertiary/aromatic N) is 1. The predicted octanol–water partition coefficient (Wildman–Crippen LogP) is 4.06. The van der Waals surface area contributed by atoms with E-state index in [2.05, 4.69) is 21.2 Å². The number of aryl methyl sites for hydroxylation is 1. The van der Waals surface area contributed by atoms with Crippen LogP contribution in [-0.4, -0.2) is 36.4 Å². The highest BCUT2D eigenvalue weighted by atomic mass is 79.9. The lowest BCUT2D eigenvalue weighted by molar-refractivity contribution is 0.0977. The maximum absolute atomic E-state index is 12.6. The van der Waals surface area contributed by atoms with Crippen LogP contribution in [-0.2, 0) is 0 Å². The minimum Gasteiger partial charge on any atom is -0.496 e. The summed E-state index contributed by atoms with van der Waals surface area (Å²) in [4.78, 5) is 14.5. The van der Waals surface area contributed by atoms with Crippen molar-refractivity contribution >= 4 is 44.9 Å². The summed E-state index contributed by atoms with van der Waals surface area (Å²) in [6, 6.07) is 13.0. The fraction of sp³-hybridized carbons (Fsp3) is 0.300. The molecule has 0 saturated carbocycles. The van der Waals surface area contributed by atoms with Crippen molar-refractivity contribution in [1.29, 1.82) is 0 Å². The molecule has 0 bridgehead atoms. The van der Waals surface area contributed by atoms with Crippen LogP contribution in [0.15, 0.2) is 46.9 Å². The van der Waals surface area contributed by atoms with E-state index in [1.807, 2.05) is 36.1 Å². The average molecular weight is 451 g/mol. The molecule has 0 aromatic heterocycles. The Morgan fingerprint density at radius 2 is 1.93 bits per heavy atom. The first-order chi connectivity index (χ1) is 13.0. The zero-order valence-corrected chi connectivity index (χ0v) is 17.8. The van der Waals surface area contributed by atoms with Crippen LogP contribution in [0.2, 0.25) is 0 Å². The minimum atomic E-state index is -0.289. The average Bonchev–Trinajstić information content (AvgIpc) is 2.66. The molecule has 0 aliphatic carbocycles. The summed E-state index contributed by atoms with van der Waals surface area (Å²) in [5.41, 5.74) is 2.52. The summed E-state index contributed by atoms with van der Waals surface area (Å²) < 4.78 is 5.88. The molecule has 0 radical (unpaired) electrons. The third-order valence-electron chi connectivity index (χ3n) is 4.02. The molecule has 2 N–H and O–H groups in total. The third kappa shape index (κ3) is 6.02. The van der Waals surface area contributed by atoms with Gasteiger partial charge >= 0.3 is 0 Å². The summed E-state index contributed by atoms with van der Waals surface area (Å²) in [5, 5.41) is 12.2. The number of halogens is 1. The summed E-state index contributed by atoms with van der Waals surface area (Å²) in [6.07, 6.45) is 1.43. The van der Waals surface area contributed by atoms with Crippen molar-refractivity contribution in [2.75, 3.05) is 25.2 Å². The maximum atomic E-state index is 12.6. The van der Waals surface area contributed by atoms with Gasteiger partial charge in [-0.25, -0.2) is 0 Å². The highest BCUT2D eigenvalue weighted by Gasteiger charge is 2.16. The number of unbranched alkanes of at least 4 members (excludes halogenated alkanes) is 1. The normalized spacial score (nSPS) is 10.4. The van der Waals surface area contributed by atoms with Gasteiger partial charge in [0.05, 0.1) is 11.6 Å². The van der Waals surface area contributed by atoms with Gasteiger partial charge in [-0.1, -0.05) is 17.7 Å². The molecule has 5 nitrogen and oxygen atoms in total. The molecule has 2 rings (SSSR count). The second-order valence-electron chi connectivity index (χ2n) is 6.03. The Morgan fingerprint density at radius 3 is 2.52 bits per heavy atom. The number of nitrogens with one attached hydrogen (secondary N) is 1. The van der Waals surface area contributed by atoms with Crippen LogP contribution in [0.3, 0.4) is 0 Å². The molecule has 0 fully saturated rings. The third-order valence-corrected chi connectivity index (χ3v) is 4.96. The number of benzene rings is 2. The minimum absolute atomic E-state index is 0.126. The molecule has 0 unspecified atom stereocenters. The van der Waals surface area contributed by atoms with Gasteiger partial charge in [-0.2, -0.15) is 0 Å². The molecule has 1 amide bonds. The lowest BCUT2D eigenvalue weighted by Gasteiger charge is -2.25. The summed E-state index contributed by atoms with van der Waals surface area (Å²) in [6.45, 7) is 2.75. The Hall–Kier alpha value is -1.96. The summed E-state index contributed by atoms with van der Waals surface area (Å²) >= 11 is 8.88. The molecular weight excluding hydrogens is 428 g/mol. The first-order valence-corrected chi connectivity index (χ1v) is 9.80. The Morgan fingerprint density at radius 1 is 1.22 bits per heavy atom. The lowest BCUT2D eigenvalue weighted by atomic mass is 10.2. The van der Waals surface area contributed by atoms with Crippen LogP contribution in [0.4, 0.5) is 5.69 Å². The van der Waals surface area contributed by atoms with Gasteiger partial charge in [0.25, 0.3) is 5.91 Å². The van der Waals surface area contributed by atoms with Gasteiger partial charge in [-0.05, 0) is 78.2 Å². The molecule has 2 aromatic rings. The van der Waals surface area contributed by atoms with Gasteiger partial charge < -0.3 is 14.7 Å². The van der Waals surface area contributed by atoms with Crippen molar-refractivity contribution in [3.8, 4) is 5.75 Å². The van der Waals surface area contributed by atoms with E-state index in [1.54, 1.807) is 25.3 Å². The maximum Gasteiger partial charge on any atom is 0.257 e. The molecular formula is C20H23BrN2O3S. The van der Waals surface area contributed by atoms with Gasteiger partial charge in [0, 0.05) is 24.4 Å². The Bertz CT molecular complexity index is 796. The van der Waals surface area contributed by atoms with Gasteiger partial charge in [0.2, 0.25) is 0 Å². The van der Waals surface area contributed by atoms with Crippen molar-refractivity contribution in [2.24, 2.45) is 0 Å². The number of methoxy groups -OCH3 is 1. The zero-order valence-electron chi connectivity index (χ0n) is 15.4. The fourth-order valence-corrected chi connectivity index (χ4v) is 3.33. The van der Waals surface area contributed by atoms with Crippen molar-refractivity contribution in [2.45, 2.75) is 19.8 Å². The number of anilines is 1. The van der Waals surface area contributed by atoms with E-state index in [0.29, 0.717) is 33.9 Å². The quantitative estimate of drug-likeness (QED) is 0.491. The Balaban J connectivity index is 2.15. The standard InChI is InChI=1S/C20H23BrN2O3S/c1-14-5-8-16(9-6-14)23(11-3-4-12-24)20(27)22-19(25)15-7-10-18(26-2)17(21)13-15/h5-10,13,24H,3-4,11-12H2,1-2H3,(H,22,25,27). The molecule has 0 atom stereocenters. The number of hydrogen-bond acceptors (Lipinski definition) is 4. The first-order valence-electron chi connectivity index (χ1n) is 8.60. The highest BCUT2D eigenvalue weighted by molar-refractivity contribution is 9.10. The predicted molar refractivity (Wildman–Crippen MR) is 116 cm³/mol. The number of hydrogen-bond donors (Lipinski definition) is 2. The number of ether oxygens (including phenoxy) is 1. The molecule has 0 spiro atoms. The number of aliphatic hydroxyl groups excluding tert-OH is 1. The van der Waals surface area contributed by atoms with Crippen molar-refractivity contribution in [1.82, 2.24) is 5.32 Å². The molecule has 0 heterocycles. The smallest absolute Gasteiger partial charge is 0.257 e. The van der Waals surface area contributed by atoms with Crippen LogP contribution in [0.5, 0.6) is 5.75 Å². The topological polar surface area (TPSA) is 61.8 Å². The molecule has 2 aromatic carbocycles. The van der Waals surface area contributed by atoms with Crippen molar-refractivity contribution in [3.63, 3.8) is 0 Å². The number of aliphatic hydroxyl groups is 1. The van der Waals surface area contributed by atoms with Crippen LogP contribution in [0.1, 0.15) is 28.8 Å². The highest BCUT2D eigenvalue weighted by Crippen LogP contribution is 2.25. The van der Waals surface area contributed by atoms with Gasteiger partial charge in [0.15, 0.2) is 5.11 Å². The van der Waals surface area contributed by atoms with E-state index in [0.717, 1.165) is 17.7 Å². The summed E-state index contributed by atoms with van der Waals surface area (Å²) in [5.74, 6) is 0.363. The largest absolute Gasteiger partial charge is 0.496 e. The van der Waals surface area contributed by atoms with Gasteiger partial charge in [-0.3, -0.25) is 10.1 Å². The van der Waals surface area contributed by atoms with Crippen molar-refractivity contribution in [3.05, 3.63) is 58.1 Å². The second kappa shape index (κ2) is 10.4. The second-order valence-corrected chi connectivity index (χ2v) is 7.27. The molecule has 0 aliphatic heterocycles. The first kappa shape index (κ1) is 21.3. The van der Waals surface area contributed by atoms with E-state index in [9.17, 15) is 4.79 Å². The number of rotatable bonds is 7. The molecule has 7 heteroatoms. The number of carbonyl (C=O) groups excluding carboxylic acids is 1. The van der Waals surface area contributed by atoms with Crippen LogP contribution < -0.4 is 15.0 Å². The van der Waals surface area contributed by atoms with E-state index < -0.39 is 0 Å². The molecule has 0 saturated heterocycles. The molecule has 144 valence electrons. The van der Waals surface area contributed by atoms with Crippen molar-refractivity contribution < 1.29 is 14.6 Å². The van der Waals surface area contributed by atoms with E-state index >= 15 is 0 Å². The van der Waals surface area contributed by atoms with E-state index in [4.69, 9.17) is 22.1 Å². The Labute approximate surface area is 173 Å². The van der Waals surface area contributed by atoms with Gasteiger partial charge in [-0.15, -0.1) is 0 Å². The summed E-state index contributed by atoms with van der Waals surface area (Å²) in [7, 11) is 1.57. The van der Waals surface area contributed by atoms with Gasteiger partial charge in [0.1, 0.15) is 5.75 Å². The number of amides is 1. The van der Waals surface area contributed by atoms with Crippen LogP contribution >= 0.6 is 28.1 Å². The molecule has 27 heavy (non-hydrogen) atoms. The Kier molecular flexibility index (Phi) is 8.22. The molecule has 0 aliphatic rings. The number of thiocarbonyl (C=S) groups is 1. The lowest BCUT2D eigenvalue weighted by Crippen LogP contribution is -2.43. The fourth-order valence-electron chi connectivity index (χ4n) is 2.50. The van der Waals surface area contributed by atoms with E-state index in [1.165, 1.54) is 0 Å². The van der Waals surface area contributed by atoms with Crippen LogP contribution in [0.25, 0.3) is 0 Å².